The molecule has 174 valence electrons. The van der Waals surface area contributed by atoms with Crippen LogP contribution in [0.25, 0.3) is 0 Å². The summed E-state index contributed by atoms with van der Waals surface area (Å²) in [5.41, 5.74) is -0.348. The third-order valence-corrected chi connectivity index (χ3v) is 7.70. The van der Waals surface area contributed by atoms with Crippen LogP contribution in [-0.4, -0.2) is 38.6 Å². The summed E-state index contributed by atoms with van der Waals surface area (Å²) in [4.78, 5) is 15.4. The van der Waals surface area contributed by atoms with Crippen molar-refractivity contribution in [2.24, 2.45) is 5.92 Å². The van der Waals surface area contributed by atoms with E-state index in [9.17, 15) is 26.4 Å². The number of hydrogen-bond acceptors (Lipinski definition) is 4. The maximum atomic E-state index is 13.1. The summed E-state index contributed by atoms with van der Waals surface area (Å²) in [5, 5.41) is 0. The maximum absolute atomic E-state index is 13.1. The molecule has 0 aromatic heterocycles. The summed E-state index contributed by atoms with van der Waals surface area (Å²) in [6, 6.07) is 8.82. The van der Waals surface area contributed by atoms with Crippen molar-refractivity contribution in [2.45, 2.75) is 42.3 Å². The van der Waals surface area contributed by atoms with Crippen LogP contribution in [0.5, 0.6) is 0 Å². The molecule has 1 aliphatic heterocycles. The number of likely N-dealkylation sites (tertiary alicyclic amines) is 1. The van der Waals surface area contributed by atoms with Gasteiger partial charge in [0.1, 0.15) is 0 Å². The maximum Gasteiger partial charge on any atom is 0.416 e. The second-order valence-corrected chi connectivity index (χ2v) is 10.5. The molecule has 1 heterocycles. The minimum Gasteiger partial charge on any atom is -0.339 e. The van der Waals surface area contributed by atoms with Gasteiger partial charge in [0.15, 0.2) is 0 Å². The average molecular weight is 487 g/mol. The molecular formula is C22H25F3N2O3S2. The smallest absolute Gasteiger partial charge is 0.339 e. The number of piperidine rings is 1. The molecule has 0 radical (unpaired) electrons. The number of nitrogens with zero attached hydrogens (tertiary/aromatic N) is 1. The van der Waals surface area contributed by atoms with Gasteiger partial charge in [-0.15, -0.1) is 11.8 Å². The number of sulfonamides is 1. The zero-order chi connectivity index (χ0) is 23.5. The van der Waals surface area contributed by atoms with Crippen LogP contribution in [0.2, 0.25) is 0 Å². The molecule has 1 saturated heterocycles. The number of hydrogen-bond donors (Lipinski definition) is 1. The first kappa shape index (κ1) is 24.6. The second-order valence-electron chi connectivity index (χ2n) is 7.86. The van der Waals surface area contributed by atoms with Gasteiger partial charge in [0.25, 0.3) is 5.91 Å². The van der Waals surface area contributed by atoms with Crippen LogP contribution < -0.4 is 4.72 Å². The van der Waals surface area contributed by atoms with Crippen molar-refractivity contribution < 1.29 is 26.4 Å². The standard InChI is InChI=1S/C22H25F3N2O3S2/c1-15-8-10-27(11-9-15)21(28)19-13-18(6-7-20(19)31-2)32(29,30)26-14-16-4-3-5-17(12-16)22(23,24)25/h3-7,12-13,15,26H,8-11,14H2,1-2H3. The number of carbonyl (C=O) groups is 1. The van der Waals surface area contributed by atoms with Crippen LogP contribution in [0.1, 0.15) is 41.3 Å². The van der Waals surface area contributed by atoms with Gasteiger partial charge in [-0.3, -0.25) is 4.79 Å². The predicted octanol–water partition coefficient (Wildman–Crippen LogP) is 4.78. The summed E-state index contributed by atoms with van der Waals surface area (Å²) in [5.74, 6) is 0.335. The average Bonchev–Trinajstić information content (AvgIpc) is 2.77. The van der Waals surface area contributed by atoms with Crippen LogP contribution >= 0.6 is 11.8 Å². The number of thioether (sulfide) groups is 1. The van der Waals surface area contributed by atoms with Crippen LogP contribution in [0.4, 0.5) is 13.2 Å². The van der Waals surface area contributed by atoms with E-state index >= 15 is 0 Å². The zero-order valence-electron chi connectivity index (χ0n) is 17.8. The van der Waals surface area contributed by atoms with Crippen LogP contribution in [0.3, 0.4) is 0 Å². The van der Waals surface area contributed by atoms with Crippen molar-refractivity contribution in [2.75, 3.05) is 19.3 Å². The van der Waals surface area contributed by atoms with Gasteiger partial charge in [0.2, 0.25) is 10.0 Å². The number of carbonyl (C=O) groups excluding carboxylic acids is 1. The Hall–Kier alpha value is -2.04. The molecule has 1 amide bonds. The lowest BCUT2D eigenvalue weighted by Gasteiger charge is -2.30. The van der Waals surface area contributed by atoms with E-state index in [2.05, 4.69) is 11.6 Å². The lowest BCUT2D eigenvalue weighted by molar-refractivity contribution is -0.137. The number of benzene rings is 2. The lowest BCUT2D eigenvalue weighted by atomic mass is 9.98. The molecule has 0 aliphatic carbocycles. The summed E-state index contributed by atoms with van der Waals surface area (Å²) < 4.78 is 66.7. The number of rotatable bonds is 6. The van der Waals surface area contributed by atoms with Crippen molar-refractivity contribution >= 4 is 27.7 Å². The molecular weight excluding hydrogens is 461 g/mol. The minimum absolute atomic E-state index is 0.101. The Kier molecular flexibility index (Phi) is 7.57. The molecule has 1 aliphatic rings. The Balaban J connectivity index is 1.81. The summed E-state index contributed by atoms with van der Waals surface area (Å²) in [7, 11) is -4.04. The fourth-order valence-electron chi connectivity index (χ4n) is 3.52. The molecule has 5 nitrogen and oxygen atoms in total. The van der Waals surface area contributed by atoms with Gasteiger partial charge in [-0.05, 0) is 54.8 Å². The largest absolute Gasteiger partial charge is 0.416 e. The number of nitrogens with one attached hydrogen (secondary N) is 1. The van der Waals surface area contributed by atoms with Gasteiger partial charge in [-0.2, -0.15) is 13.2 Å². The van der Waals surface area contributed by atoms with Gasteiger partial charge >= 0.3 is 6.18 Å². The monoisotopic (exact) mass is 486 g/mol. The quantitative estimate of drug-likeness (QED) is 0.597. The Bertz CT molecular complexity index is 1080. The van der Waals surface area contributed by atoms with Gasteiger partial charge in [0.05, 0.1) is 16.0 Å². The van der Waals surface area contributed by atoms with E-state index in [1.54, 1.807) is 11.0 Å². The van der Waals surface area contributed by atoms with E-state index in [0.29, 0.717) is 29.5 Å². The van der Waals surface area contributed by atoms with E-state index in [4.69, 9.17) is 0 Å². The molecule has 0 saturated carbocycles. The molecule has 2 aromatic rings. The lowest BCUT2D eigenvalue weighted by Crippen LogP contribution is -2.38. The molecule has 1 fully saturated rings. The van der Waals surface area contributed by atoms with Gasteiger partial charge in [0, 0.05) is 24.5 Å². The Morgan fingerprint density at radius 1 is 1.16 bits per heavy atom. The first-order valence-corrected chi connectivity index (χ1v) is 12.8. The van der Waals surface area contributed by atoms with Crippen LogP contribution in [0, 0.1) is 5.92 Å². The van der Waals surface area contributed by atoms with Gasteiger partial charge in [-0.25, -0.2) is 13.1 Å². The van der Waals surface area contributed by atoms with Crippen molar-refractivity contribution in [1.29, 1.82) is 0 Å². The molecule has 2 aromatic carbocycles. The normalized spacial score (nSPS) is 15.7. The van der Waals surface area contributed by atoms with Crippen LogP contribution in [0.15, 0.2) is 52.3 Å². The summed E-state index contributed by atoms with van der Waals surface area (Å²) in [6.07, 6.45) is -0.901. The van der Waals surface area contributed by atoms with Gasteiger partial charge in [-0.1, -0.05) is 25.1 Å². The topological polar surface area (TPSA) is 66.5 Å². The highest BCUT2D eigenvalue weighted by Crippen LogP contribution is 2.30. The van der Waals surface area contributed by atoms with Crippen molar-refractivity contribution in [1.82, 2.24) is 9.62 Å². The Labute approximate surface area is 190 Å². The minimum atomic E-state index is -4.51. The van der Waals surface area contributed by atoms with Gasteiger partial charge < -0.3 is 4.90 Å². The van der Waals surface area contributed by atoms with Crippen LogP contribution in [-0.2, 0) is 22.7 Å². The van der Waals surface area contributed by atoms with E-state index in [1.165, 1.54) is 36.0 Å². The number of alkyl halides is 3. The molecule has 0 unspecified atom stereocenters. The van der Waals surface area contributed by atoms with Crippen molar-refractivity contribution in [3.63, 3.8) is 0 Å². The fourth-order valence-corrected chi connectivity index (χ4v) is 5.14. The van der Waals surface area contributed by atoms with E-state index in [-0.39, 0.29) is 22.9 Å². The molecule has 3 rings (SSSR count). The highest BCUT2D eigenvalue weighted by atomic mass is 32.2. The third-order valence-electron chi connectivity index (χ3n) is 5.50. The Morgan fingerprint density at radius 2 is 1.84 bits per heavy atom. The zero-order valence-corrected chi connectivity index (χ0v) is 19.4. The molecule has 0 spiro atoms. The molecule has 32 heavy (non-hydrogen) atoms. The van der Waals surface area contributed by atoms with Crippen molar-refractivity contribution in [3.05, 3.63) is 59.2 Å². The van der Waals surface area contributed by atoms with E-state index < -0.39 is 21.8 Å². The second kappa shape index (κ2) is 9.84. The summed E-state index contributed by atoms with van der Waals surface area (Å²) in [6.45, 7) is 3.08. The fraction of sp³-hybridized carbons (Fsp3) is 0.409. The molecule has 1 N–H and O–H groups in total. The molecule has 0 bridgehead atoms. The predicted molar refractivity (Wildman–Crippen MR) is 118 cm³/mol. The molecule has 10 heteroatoms. The first-order chi connectivity index (χ1) is 15.0. The molecule has 0 atom stereocenters. The number of halogens is 3. The highest BCUT2D eigenvalue weighted by molar-refractivity contribution is 7.98. The summed E-state index contributed by atoms with van der Waals surface area (Å²) >= 11 is 1.35. The third kappa shape index (κ3) is 5.85. The Morgan fingerprint density at radius 3 is 2.47 bits per heavy atom. The SMILES string of the molecule is CSc1ccc(S(=O)(=O)NCc2cccc(C(F)(F)F)c2)cc1C(=O)N1CCC(C)CC1. The number of amides is 1. The van der Waals surface area contributed by atoms with E-state index in [0.717, 1.165) is 25.0 Å². The van der Waals surface area contributed by atoms with E-state index in [1.807, 2.05) is 6.26 Å². The highest BCUT2D eigenvalue weighted by Gasteiger charge is 2.30. The first-order valence-electron chi connectivity index (χ1n) is 10.1. The van der Waals surface area contributed by atoms with Crippen molar-refractivity contribution in [3.8, 4) is 0 Å².